The van der Waals surface area contributed by atoms with E-state index in [1.54, 1.807) is 12.1 Å². The minimum absolute atomic E-state index is 0.151. The highest BCUT2D eigenvalue weighted by molar-refractivity contribution is 7.89. The number of benzene rings is 1. The van der Waals surface area contributed by atoms with E-state index >= 15 is 0 Å². The summed E-state index contributed by atoms with van der Waals surface area (Å²) in [6.07, 6.45) is 1.51. The molecule has 120 valence electrons. The molecule has 1 aliphatic rings. The molecule has 1 atom stereocenters. The number of amides is 1. The first-order valence-corrected chi connectivity index (χ1v) is 8.48. The number of hydrogen-bond acceptors (Lipinski definition) is 4. The summed E-state index contributed by atoms with van der Waals surface area (Å²) in [6.45, 7) is 1.88. The molecule has 1 amide bonds. The highest BCUT2D eigenvalue weighted by Gasteiger charge is 2.20. The molecular weight excluding hydrogens is 306 g/mol. The standard InChI is InChI=1S/C14H19N3O4S/c1-10-5-7-13(8-6-10)22(20,21)17-16-12-4-2-3-11(9-12)15-14(18)19/h5-8,11,15,17H,2-4,9H2,1H3,(H,18,19). The van der Waals surface area contributed by atoms with Crippen LogP contribution in [-0.4, -0.2) is 31.4 Å². The Morgan fingerprint density at radius 3 is 2.64 bits per heavy atom. The fourth-order valence-electron chi connectivity index (χ4n) is 2.34. The van der Waals surface area contributed by atoms with Gasteiger partial charge in [-0.25, -0.2) is 9.63 Å². The second-order valence-electron chi connectivity index (χ2n) is 5.33. The van der Waals surface area contributed by atoms with Crippen LogP contribution in [-0.2, 0) is 10.0 Å². The lowest BCUT2D eigenvalue weighted by atomic mass is 9.94. The SMILES string of the molecule is Cc1ccc(S(=O)(=O)NN=C2CCCC(NC(=O)O)C2)cc1. The molecule has 0 aliphatic heterocycles. The van der Waals surface area contributed by atoms with Crippen molar-refractivity contribution in [2.45, 2.75) is 43.5 Å². The third-order valence-corrected chi connectivity index (χ3v) is 4.71. The number of hydrazone groups is 1. The fourth-order valence-corrected chi connectivity index (χ4v) is 3.18. The minimum atomic E-state index is -3.69. The largest absolute Gasteiger partial charge is 0.465 e. The number of hydrogen-bond donors (Lipinski definition) is 3. The topological polar surface area (TPSA) is 108 Å². The third kappa shape index (κ3) is 4.45. The van der Waals surface area contributed by atoms with Crippen LogP contribution in [0.1, 0.15) is 31.2 Å². The predicted molar refractivity (Wildman–Crippen MR) is 82.4 cm³/mol. The summed E-state index contributed by atoms with van der Waals surface area (Å²) in [6, 6.07) is 6.26. The van der Waals surface area contributed by atoms with Gasteiger partial charge in [-0.15, -0.1) is 0 Å². The van der Waals surface area contributed by atoms with Gasteiger partial charge in [-0.1, -0.05) is 17.7 Å². The van der Waals surface area contributed by atoms with Crippen LogP contribution in [0.5, 0.6) is 0 Å². The lowest BCUT2D eigenvalue weighted by Crippen LogP contribution is -2.38. The van der Waals surface area contributed by atoms with Crippen LogP contribution in [0.4, 0.5) is 4.79 Å². The summed E-state index contributed by atoms with van der Waals surface area (Å²) in [5.41, 5.74) is 1.63. The van der Waals surface area contributed by atoms with Crippen molar-refractivity contribution < 1.29 is 18.3 Å². The molecule has 0 radical (unpaired) electrons. The quantitative estimate of drug-likeness (QED) is 0.734. The van der Waals surface area contributed by atoms with Crippen molar-refractivity contribution in [2.75, 3.05) is 0 Å². The van der Waals surface area contributed by atoms with Gasteiger partial charge < -0.3 is 10.4 Å². The Kier molecular flexibility index (Phi) is 5.02. The Morgan fingerprint density at radius 2 is 2.00 bits per heavy atom. The van der Waals surface area contributed by atoms with E-state index in [0.29, 0.717) is 18.6 Å². The number of carbonyl (C=O) groups is 1. The second-order valence-corrected chi connectivity index (χ2v) is 6.99. The molecule has 1 aromatic carbocycles. The highest BCUT2D eigenvalue weighted by Crippen LogP contribution is 2.16. The van der Waals surface area contributed by atoms with Crippen LogP contribution in [0.3, 0.4) is 0 Å². The number of nitrogens with zero attached hydrogens (tertiary/aromatic N) is 1. The molecule has 0 spiro atoms. The number of nitrogens with one attached hydrogen (secondary N) is 2. The molecule has 1 aliphatic carbocycles. The molecular formula is C14H19N3O4S. The third-order valence-electron chi connectivity index (χ3n) is 3.48. The summed E-state index contributed by atoms with van der Waals surface area (Å²) in [5.74, 6) is 0. The van der Waals surface area contributed by atoms with Crippen LogP contribution in [0, 0.1) is 6.92 Å². The van der Waals surface area contributed by atoms with E-state index in [4.69, 9.17) is 5.11 Å². The monoisotopic (exact) mass is 325 g/mol. The van der Waals surface area contributed by atoms with Gasteiger partial charge in [0.1, 0.15) is 0 Å². The molecule has 3 N–H and O–H groups in total. The van der Waals surface area contributed by atoms with Crippen LogP contribution < -0.4 is 10.1 Å². The van der Waals surface area contributed by atoms with Crippen molar-refractivity contribution >= 4 is 21.8 Å². The molecule has 1 fully saturated rings. The van der Waals surface area contributed by atoms with Gasteiger partial charge >= 0.3 is 6.09 Å². The van der Waals surface area contributed by atoms with Gasteiger partial charge in [0, 0.05) is 18.2 Å². The molecule has 1 aromatic rings. The lowest BCUT2D eigenvalue weighted by molar-refractivity contribution is 0.189. The Labute approximate surface area is 129 Å². The van der Waals surface area contributed by atoms with Gasteiger partial charge in [0.05, 0.1) is 4.90 Å². The van der Waals surface area contributed by atoms with Crippen molar-refractivity contribution in [3.05, 3.63) is 29.8 Å². The van der Waals surface area contributed by atoms with Crippen molar-refractivity contribution in [1.82, 2.24) is 10.1 Å². The van der Waals surface area contributed by atoms with Crippen molar-refractivity contribution in [3.63, 3.8) is 0 Å². The minimum Gasteiger partial charge on any atom is -0.465 e. The highest BCUT2D eigenvalue weighted by atomic mass is 32.2. The first-order chi connectivity index (χ1) is 10.4. The first kappa shape index (κ1) is 16.3. The van der Waals surface area contributed by atoms with Gasteiger partial charge in [-0.3, -0.25) is 0 Å². The number of aryl methyl sites for hydroxylation is 1. The summed E-state index contributed by atoms with van der Waals surface area (Å²) in [7, 11) is -3.69. The first-order valence-electron chi connectivity index (χ1n) is 7.00. The Balaban J connectivity index is 2.03. The van der Waals surface area contributed by atoms with Gasteiger partial charge in [0.2, 0.25) is 0 Å². The smallest absolute Gasteiger partial charge is 0.404 e. The molecule has 8 heteroatoms. The van der Waals surface area contributed by atoms with E-state index in [2.05, 4.69) is 15.2 Å². The maximum Gasteiger partial charge on any atom is 0.404 e. The van der Waals surface area contributed by atoms with E-state index in [1.165, 1.54) is 12.1 Å². The number of rotatable bonds is 4. The van der Waals surface area contributed by atoms with Gasteiger partial charge in [-0.2, -0.15) is 13.5 Å². The summed E-state index contributed by atoms with van der Waals surface area (Å²) >= 11 is 0. The molecule has 0 saturated heterocycles. The molecule has 0 aromatic heterocycles. The van der Waals surface area contributed by atoms with Crippen molar-refractivity contribution in [3.8, 4) is 0 Å². The average molecular weight is 325 g/mol. The van der Waals surface area contributed by atoms with Gasteiger partial charge in [-0.05, 0) is 38.3 Å². The predicted octanol–water partition coefficient (Wildman–Crippen LogP) is 1.84. The summed E-state index contributed by atoms with van der Waals surface area (Å²) < 4.78 is 24.2. The summed E-state index contributed by atoms with van der Waals surface area (Å²) in [5, 5.41) is 15.1. The van der Waals surface area contributed by atoms with Crippen LogP contribution in [0.15, 0.2) is 34.3 Å². The van der Waals surface area contributed by atoms with Crippen molar-refractivity contribution in [1.29, 1.82) is 0 Å². The lowest BCUT2D eigenvalue weighted by Gasteiger charge is -2.22. The van der Waals surface area contributed by atoms with E-state index in [-0.39, 0.29) is 10.9 Å². The molecule has 1 unspecified atom stereocenters. The summed E-state index contributed by atoms with van der Waals surface area (Å²) in [4.78, 5) is 13.0. The number of sulfonamides is 1. The molecule has 22 heavy (non-hydrogen) atoms. The molecule has 7 nitrogen and oxygen atoms in total. The van der Waals surface area contributed by atoms with Crippen LogP contribution in [0.25, 0.3) is 0 Å². The van der Waals surface area contributed by atoms with E-state index < -0.39 is 16.1 Å². The molecule has 0 heterocycles. The fraction of sp³-hybridized carbons (Fsp3) is 0.429. The van der Waals surface area contributed by atoms with E-state index in [0.717, 1.165) is 18.4 Å². The average Bonchev–Trinajstić information content (AvgIpc) is 2.45. The normalized spacial score (nSPS) is 20.6. The molecule has 2 rings (SSSR count). The van der Waals surface area contributed by atoms with Crippen LogP contribution >= 0.6 is 0 Å². The zero-order valence-electron chi connectivity index (χ0n) is 12.2. The second kappa shape index (κ2) is 6.78. The maximum absolute atomic E-state index is 12.1. The Hall–Kier alpha value is -2.09. The molecule has 1 saturated carbocycles. The van der Waals surface area contributed by atoms with E-state index in [1.807, 2.05) is 6.92 Å². The van der Waals surface area contributed by atoms with E-state index in [9.17, 15) is 13.2 Å². The Morgan fingerprint density at radius 1 is 1.32 bits per heavy atom. The van der Waals surface area contributed by atoms with Gasteiger partial charge in [0.15, 0.2) is 0 Å². The molecule has 0 bridgehead atoms. The van der Waals surface area contributed by atoms with Crippen molar-refractivity contribution in [2.24, 2.45) is 5.10 Å². The number of carboxylic acid groups (broad SMARTS) is 1. The maximum atomic E-state index is 12.1. The zero-order chi connectivity index (χ0) is 16.2. The van der Waals surface area contributed by atoms with Crippen LogP contribution in [0.2, 0.25) is 0 Å². The van der Waals surface area contributed by atoms with Gasteiger partial charge in [0.25, 0.3) is 10.0 Å². The Bertz CT molecular complexity index is 668. The zero-order valence-corrected chi connectivity index (χ0v) is 13.1.